The second-order valence-electron chi connectivity index (χ2n) is 5.14. The van der Waals surface area contributed by atoms with Crippen LogP contribution in [0.4, 0.5) is 5.69 Å². The van der Waals surface area contributed by atoms with Gasteiger partial charge in [0.2, 0.25) is 10.0 Å². The third-order valence-electron chi connectivity index (χ3n) is 3.47. The average Bonchev–Trinajstić information content (AvgIpc) is 2.81. The van der Waals surface area contributed by atoms with Gasteiger partial charge in [0.05, 0.1) is 12.1 Å². The molecule has 2 rings (SSSR count). The van der Waals surface area contributed by atoms with Crippen LogP contribution in [0.1, 0.15) is 20.3 Å². The summed E-state index contributed by atoms with van der Waals surface area (Å²) in [6.45, 7) is 3.20. The zero-order valence-electron chi connectivity index (χ0n) is 11.5. The van der Waals surface area contributed by atoms with Crippen LogP contribution in [0.5, 0.6) is 0 Å². The largest absolute Gasteiger partial charge is 0.399 e. The zero-order chi connectivity index (χ0) is 15.0. The van der Waals surface area contributed by atoms with Gasteiger partial charge >= 0.3 is 0 Å². The van der Waals surface area contributed by atoms with E-state index in [1.165, 1.54) is 6.20 Å². The molecule has 0 fully saturated rings. The molecule has 1 aromatic heterocycles. The standard InChI is InChI=1S/C13H19N3O3S/c1-3-13(2,8-17)16-20(18,19)12-7-15-11-5-4-9(14)6-10(11)12/h4-7,15-17H,3,8,14H2,1-2H3. The Hall–Kier alpha value is -1.57. The minimum absolute atomic E-state index is 0.132. The van der Waals surface area contributed by atoms with Crippen molar-refractivity contribution in [2.45, 2.75) is 30.7 Å². The molecule has 0 amide bonds. The van der Waals surface area contributed by atoms with Crippen LogP contribution in [-0.4, -0.2) is 30.7 Å². The molecule has 1 aromatic carbocycles. The maximum Gasteiger partial charge on any atom is 0.243 e. The number of aromatic amines is 1. The molecule has 2 aromatic rings. The number of nitrogen functional groups attached to an aromatic ring is 1. The highest BCUT2D eigenvalue weighted by atomic mass is 32.2. The highest BCUT2D eigenvalue weighted by Gasteiger charge is 2.30. The van der Waals surface area contributed by atoms with Gasteiger partial charge in [0, 0.05) is 22.8 Å². The Balaban J connectivity index is 2.50. The molecule has 7 heteroatoms. The predicted octanol–water partition coefficient (Wildman–Crippen LogP) is 1.19. The summed E-state index contributed by atoms with van der Waals surface area (Å²) in [6.07, 6.45) is 1.91. The molecule has 0 radical (unpaired) electrons. The summed E-state index contributed by atoms with van der Waals surface area (Å²) in [5.41, 5.74) is 6.01. The molecular weight excluding hydrogens is 278 g/mol. The first-order valence-electron chi connectivity index (χ1n) is 6.33. The van der Waals surface area contributed by atoms with Gasteiger partial charge < -0.3 is 15.8 Å². The molecule has 0 aliphatic rings. The van der Waals surface area contributed by atoms with Crippen LogP contribution in [0.2, 0.25) is 0 Å². The molecule has 1 unspecified atom stereocenters. The van der Waals surface area contributed by atoms with Crippen molar-refractivity contribution in [1.29, 1.82) is 0 Å². The highest BCUT2D eigenvalue weighted by Crippen LogP contribution is 2.26. The number of sulfonamides is 1. The Bertz CT molecular complexity index is 718. The maximum atomic E-state index is 12.5. The fraction of sp³-hybridized carbons (Fsp3) is 0.385. The van der Waals surface area contributed by atoms with Crippen molar-refractivity contribution in [2.24, 2.45) is 0 Å². The first kappa shape index (κ1) is 14.8. The van der Waals surface area contributed by atoms with E-state index in [-0.39, 0.29) is 11.5 Å². The van der Waals surface area contributed by atoms with Gasteiger partial charge in [-0.1, -0.05) is 6.92 Å². The summed E-state index contributed by atoms with van der Waals surface area (Å²) in [5, 5.41) is 9.88. The van der Waals surface area contributed by atoms with Gasteiger partial charge in [-0.2, -0.15) is 0 Å². The van der Waals surface area contributed by atoms with Crippen molar-refractivity contribution in [3.63, 3.8) is 0 Å². The van der Waals surface area contributed by atoms with Gasteiger partial charge in [0.15, 0.2) is 0 Å². The Kier molecular flexibility index (Phi) is 3.77. The van der Waals surface area contributed by atoms with E-state index in [9.17, 15) is 13.5 Å². The van der Waals surface area contributed by atoms with Gasteiger partial charge in [0.25, 0.3) is 0 Å². The molecule has 5 N–H and O–H groups in total. The summed E-state index contributed by atoms with van der Waals surface area (Å²) in [7, 11) is -3.74. The summed E-state index contributed by atoms with van der Waals surface area (Å²) in [4.78, 5) is 3.04. The fourth-order valence-electron chi connectivity index (χ4n) is 1.93. The van der Waals surface area contributed by atoms with Crippen LogP contribution in [0, 0.1) is 0 Å². The Morgan fingerprint density at radius 2 is 2.15 bits per heavy atom. The van der Waals surface area contributed by atoms with E-state index in [2.05, 4.69) is 9.71 Å². The topological polar surface area (TPSA) is 108 Å². The Morgan fingerprint density at radius 1 is 1.45 bits per heavy atom. The minimum atomic E-state index is -3.74. The number of aliphatic hydroxyl groups is 1. The van der Waals surface area contributed by atoms with Gasteiger partial charge in [-0.25, -0.2) is 13.1 Å². The first-order valence-corrected chi connectivity index (χ1v) is 7.81. The van der Waals surface area contributed by atoms with E-state index in [0.717, 1.165) is 0 Å². The lowest BCUT2D eigenvalue weighted by molar-refractivity contribution is 0.191. The highest BCUT2D eigenvalue weighted by molar-refractivity contribution is 7.89. The molecule has 20 heavy (non-hydrogen) atoms. The van der Waals surface area contributed by atoms with E-state index in [1.54, 1.807) is 25.1 Å². The Morgan fingerprint density at radius 3 is 2.75 bits per heavy atom. The van der Waals surface area contributed by atoms with Crippen molar-refractivity contribution in [3.05, 3.63) is 24.4 Å². The molecule has 0 saturated carbocycles. The molecule has 0 bridgehead atoms. The van der Waals surface area contributed by atoms with Crippen LogP contribution in [0.3, 0.4) is 0 Å². The van der Waals surface area contributed by atoms with E-state index in [0.29, 0.717) is 23.0 Å². The number of nitrogens with two attached hydrogens (primary N) is 1. The molecule has 1 atom stereocenters. The number of nitrogens with one attached hydrogen (secondary N) is 2. The van der Waals surface area contributed by atoms with Crippen molar-refractivity contribution in [1.82, 2.24) is 9.71 Å². The van der Waals surface area contributed by atoms with Gasteiger partial charge in [-0.15, -0.1) is 0 Å². The lowest BCUT2D eigenvalue weighted by atomic mass is 10.0. The summed E-state index contributed by atoms with van der Waals surface area (Å²) >= 11 is 0. The van der Waals surface area contributed by atoms with Gasteiger partial charge in [-0.05, 0) is 31.5 Å². The van der Waals surface area contributed by atoms with E-state index < -0.39 is 15.6 Å². The first-order chi connectivity index (χ1) is 9.31. The number of rotatable bonds is 5. The smallest absolute Gasteiger partial charge is 0.243 e. The third kappa shape index (κ3) is 2.65. The fourth-order valence-corrected chi connectivity index (χ4v) is 3.57. The number of aromatic nitrogens is 1. The third-order valence-corrected chi connectivity index (χ3v) is 5.15. The van der Waals surface area contributed by atoms with Crippen LogP contribution in [0.25, 0.3) is 10.9 Å². The van der Waals surface area contributed by atoms with Gasteiger partial charge in [-0.3, -0.25) is 0 Å². The predicted molar refractivity (Wildman–Crippen MR) is 78.8 cm³/mol. The Labute approximate surface area is 118 Å². The molecule has 0 aliphatic heterocycles. The minimum Gasteiger partial charge on any atom is -0.399 e. The quantitative estimate of drug-likeness (QED) is 0.622. The molecule has 6 nitrogen and oxygen atoms in total. The molecule has 0 aliphatic carbocycles. The summed E-state index contributed by atoms with van der Waals surface area (Å²) in [6, 6.07) is 5.05. The second-order valence-corrected chi connectivity index (χ2v) is 6.79. The SMILES string of the molecule is CCC(C)(CO)NS(=O)(=O)c1c[nH]c2ccc(N)cc12. The molecule has 1 heterocycles. The molecule has 110 valence electrons. The van der Waals surface area contributed by atoms with Crippen LogP contribution >= 0.6 is 0 Å². The normalized spacial score (nSPS) is 15.3. The van der Waals surface area contributed by atoms with Crippen LogP contribution < -0.4 is 10.5 Å². The number of hydrogen-bond acceptors (Lipinski definition) is 4. The average molecular weight is 297 g/mol. The lowest BCUT2D eigenvalue weighted by Crippen LogP contribution is -2.48. The second kappa shape index (κ2) is 5.08. The van der Waals surface area contributed by atoms with E-state index in [1.807, 2.05) is 6.92 Å². The molecular formula is C13H19N3O3S. The number of anilines is 1. The van der Waals surface area contributed by atoms with Crippen molar-refractivity contribution in [3.8, 4) is 0 Å². The van der Waals surface area contributed by atoms with Crippen molar-refractivity contribution >= 4 is 26.6 Å². The number of hydrogen-bond donors (Lipinski definition) is 4. The monoisotopic (exact) mass is 297 g/mol. The molecule has 0 saturated heterocycles. The zero-order valence-corrected chi connectivity index (χ0v) is 12.3. The van der Waals surface area contributed by atoms with Crippen molar-refractivity contribution < 1.29 is 13.5 Å². The number of fused-ring (bicyclic) bond motifs is 1. The van der Waals surface area contributed by atoms with Crippen molar-refractivity contribution in [2.75, 3.05) is 12.3 Å². The number of H-pyrrole nitrogens is 1. The van der Waals surface area contributed by atoms with E-state index >= 15 is 0 Å². The van der Waals surface area contributed by atoms with Crippen LogP contribution in [0.15, 0.2) is 29.3 Å². The van der Waals surface area contributed by atoms with Gasteiger partial charge in [0.1, 0.15) is 4.90 Å². The van der Waals surface area contributed by atoms with Crippen LogP contribution in [-0.2, 0) is 10.0 Å². The summed E-state index contributed by atoms with van der Waals surface area (Å²) in [5.74, 6) is 0. The number of benzene rings is 1. The number of aliphatic hydroxyl groups excluding tert-OH is 1. The maximum absolute atomic E-state index is 12.5. The summed E-state index contributed by atoms with van der Waals surface area (Å²) < 4.78 is 27.5. The molecule has 0 spiro atoms. The van der Waals surface area contributed by atoms with E-state index in [4.69, 9.17) is 5.73 Å². The lowest BCUT2D eigenvalue weighted by Gasteiger charge is -2.26.